The molecule has 21 heavy (non-hydrogen) atoms. The minimum atomic E-state index is -0.482. The standard InChI is InChI=1S/C15H16BrN3O2/c1-3-9-6-10(16)4-5-13(9)19-14-7-11(15(20)21-2)12(17)8-18-14/h4-8H,3,17H2,1-2H3,(H,18,19). The highest BCUT2D eigenvalue weighted by Gasteiger charge is 2.12. The second-order valence-corrected chi connectivity index (χ2v) is 5.34. The van der Waals surface area contributed by atoms with Gasteiger partial charge >= 0.3 is 5.97 Å². The summed E-state index contributed by atoms with van der Waals surface area (Å²) < 4.78 is 5.72. The number of carbonyl (C=O) groups is 1. The number of aromatic nitrogens is 1. The van der Waals surface area contributed by atoms with Crippen LogP contribution in [0.3, 0.4) is 0 Å². The van der Waals surface area contributed by atoms with Crippen LogP contribution in [0.1, 0.15) is 22.8 Å². The zero-order valence-corrected chi connectivity index (χ0v) is 13.4. The Labute approximate surface area is 131 Å². The maximum absolute atomic E-state index is 11.6. The third-order valence-electron chi connectivity index (χ3n) is 3.05. The van der Waals surface area contributed by atoms with Crippen LogP contribution in [0.2, 0.25) is 0 Å². The number of methoxy groups -OCH3 is 1. The molecule has 0 saturated heterocycles. The van der Waals surface area contributed by atoms with Crippen molar-refractivity contribution in [2.24, 2.45) is 0 Å². The van der Waals surface area contributed by atoms with Crippen molar-refractivity contribution in [1.29, 1.82) is 0 Å². The van der Waals surface area contributed by atoms with E-state index < -0.39 is 5.97 Å². The zero-order valence-electron chi connectivity index (χ0n) is 11.8. The van der Waals surface area contributed by atoms with Crippen molar-refractivity contribution in [3.05, 3.63) is 46.1 Å². The number of esters is 1. The Morgan fingerprint density at radius 3 is 2.86 bits per heavy atom. The summed E-state index contributed by atoms with van der Waals surface area (Å²) in [4.78, 5) is 15.8. The van der Waals surface area contributed by atoms with E-state index >= 15 is 0 Å². The fraction of sp³-hybridized carbons (Fsp3) is 0.200. The van der Waals surface area contributed by atoms with Crippen LogP contribution in [-0.4, -0.2) is 18.1 Å². The predicted octanol–water partition coefficient (Wildman–Crippen LogP) is 3.52. The second kappa shape index (κ2) is 6.58. The lowest BCUT2D eigenvalue weighted by molar-refractivity contribution is 0.0602. The SMILES string of the molecule is CCc1cc(Br)ccc1Nc1cc(C(=O)OC)c(N)cn1. The van der Waals surface area contributed by atoms with E-state index in [4.69, 9.17) is 10.5 Å². The van der Waals surface area contributed by atoms with Crippen LogP contribution in [0.4, 0.5) is 17.2 Å². The van der Waals surface area contributed by atoms with Crippen LogP contribution in [0.5, 0.6) is 0 Å². The molecule has 0 spiro atoms. The summed E-state index contributed by atoms with van der Waals surface area (Å²) in [5, 5.41) is 3.20. The fourth-order valence-electron chi connectivity index (χ4n) is 1.94. The highest BCUT2D eigenvalue weighted by atomic mass is 79.9. The quantitative estimate of drug-likeness (QED) is 0.825. The number of nitrogens with zero attached hydrogens (tertiary/aromatic N) is 1. The maximum atomic E-state index is 11.6. The topological polar surface area (TPSA) is 77.2 Å². The molecular formula is C15H16BrN3O2. The lowest BCUT2D eigenvalue weighted by Gasteiger charge is -2.12. The van der Waals surface area contributed by atoms with Gasteiger partial charge in [0.05, 0.1) is 24.6 Å². The Hall–Kier alpha value is -2.08. The molecular weight excluding hydrogens is 334 g/mol. The molecule has 0 amide bonds. The second-order valence-electron chi connectivity index (χ2n) is 4.43. The molecule has 0 fully saturated rings. The Morgan fingerprint density at radius 2 is 2.19 bits per heavy atom. The van der Waals surface area contributed by atoms with Gasteiger partial charge in [-0.1, -0.05) is 22.9 Å². The van der Waals surface area contributed by atoms with Crippen molar-refractivity contribution >= 4 is 39.1 Å². The largest absolute Gasteiger partial charge is 0.465 e. The molecule has 6 heteroatoms. The molecule has 0 unspecified atom stereocenters. The molecule has 1 aromatic heterocycles. The molecule has 0 aliphatic carbocycles. The van der Waals surface area contributed by atoms with E-state index in [1.807, 2.05) is 18.2 Å². The minimum Gasteiger partial charge on any atom is -0.465 e. The lowest BCUT2D eigenvalue weighted by Crippen LogP contribution is -2.07. The van der Waals surface area contributed by atoms with Gasteiger partial charge in [-0.05, 0) is 36.2 Å². The number of carbonyl (C=O) groups excluding carboxylic acids is 1. The summed E-state index contributed by atoms with van der Waals surface area (Å²) in [6.07, 6.45) is 2.32. The number of nitrogen functional groups attached to an aromatic ring is 1. The minimum absolute atomic E-state index is 0.291. The van der Waals surface area contributed by atoms with Crippen molar-refractivity contribution in [2.75, 3.05) is 18.2 Å². The number of nitrogens with one attached hydrogen (secondary N) is 1. The summed E-state index contributed by atoms with van der Waals surface area (Å²) in [6.45, 7) is 2.07. The van der Waals surface area contributed by atoms with Crippen LogP contribution in [0.25, 0.3) is 0 Å². The third-order valence-corrected chi connectivity index (χ3v) is 3.54. The number of benzene rings is 1. The Balaban J connectivity index is 2.34. The van der Waals surface area contributed by atoms with Gasteiger partial charge in [-0.2, -0.15) is 0 Å². The number of hydrogen-bond acceptors (Lipinski definition) is 5. The van der Waals surface area contributed by atoms with Crippen molar-refractivity contribution in [3.8, 4) is 0 Å². The molecule has 0 bridgehead atoms. The number of rotatable bonds is 4. The number of hydrogen-bond donors (Lipinski definition) is 2. The van der Waals surface area contributed by atoms with Crippen LogP contribution in [0, 0.1) is 0 Å². The molecule has 0 aliphatic heterocycles. The highest BCUT2D eigenvalue weighted by Crippen LogP contribution is 2.25. The monoisotopic (exact) mass is 349 g/mol. The fourth-order valence-corrected chi connectivity index (χ4v) is 2.34. The molecule has 110 valence electrons. The van der Waals surface area contributed by atoms with Gasteiger partial charge in [0, 0.05) is 10.2 Å². The summed E-state index contributed by atoms with van der Waals surface area (Å²) in [7, 11) is 1.32. The Morgan fingerprint density at radius 1 is 1.43 bits per heavy atom. The first-order chi connectivity index (χ1) is 10.0. The van der Waals surface area contributed by atoms with Gasteiger partial charge in [0.25, 0.3) is 0 Å². The number of nitrogens with two attached hydrogens (primary N) is 1. The lowest BCUT2D eigenvalue weighted by atomic mass is 10.1. The summed E-state index contributed by atoms with van der Waals surface area (Å²) in [5.41, 5.74) is 8.41. The maximum Gasteiger partial charge on any atom is 0.340 e. The molecule has 0 radical (unpaired) electrons. The van der Waals surface area contributed by atoms with Crippen molar-refractivity contribution < 1.29 is 9.53 Å². The average Bonchev–Trinajstić information content (AvgIpc) is 2.50. The summed E-state index contributed by atoms with van der Waals surface area (Å²) >= 11 is 3.45. The van der Waals surface area contributed by atoms with Gasteiger partial charge in [-0.15, -0.1) is 0 Å². The third kappa shape index (κ3) is 3.52. The highest BCUT2D eigenvalue weighted by molar-refractivity contribution is 9.10. The number of ether oxygens (including phenoxy) is 1. The molecule has 0 saturated carbocycles. The van der Waals surface area contributed by atoms with E-state index in [9.17, 15) is 4.79 Å². The van der Waals surface area contributed by atoms with E-state index in [0.717, 1.165) is 22.1 Å². The van der Waals surface area contributed by atoms with Crippen molar-refractivity contribution in [3.63, 3.8) is 0 Å². The summed E-state index contributed by atoms with van der Waals surface area (Å²) in [6, 6.07) is 7.53. The van der Waals surface area contributed by atoms with E-state index in [0.29, 0.717) is 17.1 Å². The molecule has 2 aromatic rings. The molecule has 1 aromatic carbocycles. The number of pyridine rings is 1. The predicted molar refractivity (Wildman–Crippen MR) is 86.8 cm³/mol. The first-order valence-corrected chi connectivity index (χ1v) is 7.23. The van der Waals surface area contributed by atoms with E-state index in [-0.39, 0.29) is 0 Å². The average molecular weight is 350 g/mol. The van der Waals surface area contributed by atoms with E-state index in [1.165, 1.54) is 13.3 Å². The van der Waals surface area contributed by atoms with Crippen LogP contribution >= 0.6 is 15.9 Å². The van der Waals surface area contributed by atoms with E-state index in [2.05, 4.69) is 33.2 Å². The number of halogens is 1. The first kappa shape index (κ1) is 15.3. The normalized spacial score (nSPS) is 10.2. The number of aryl methyl sites for hydroxylation is 1. The van der Waals surface area contributed by atoms with Gasteiger partial charge in [-0.3, -0.25) is 0 Å². The Kier molecular flexibility index (Phi) is 4.80. The summed E-state index contributed by atoms with van der Waals surface area (Å²) in [5.74, 6) is 0.0612. The van der Waals surface area contributed by atoms with Gasteiger partial charge in [-0.25, -0.2) is 9.78 Å². The first-order valence-electron chi connectivity index (χ1n) is 6.44. The van der Waals surface area contributed by atoms with Gasteiger partial charge in [0.15, 0.2) is 0 Å². The Bertz CT molecular complexity index is 674. The number of anilines is 3. The molecule has 3 N–H and O–H groups in total. The molecule has 1 heterocycles. The van der Waals surface area contributed by atoms with Crippen molar-refractivity contribution in [1.82, 2.24) is 4.98 Å². The zero-order chi connectivity index (χ0) is 15.4. The van der Waals surface area contributed by atoms with Crippen LogP contribution in [0.15, 0.2) is 34.9 Å². The van der Waals surface area contributed by atoms with Crippen LogP contribution in [-0.2, 0) is 11.2 Å². The molecule has 2 rings (SSSR count). The van der Waals surface area contributed by atoms with E-state index in [1.54, 1.807) is 6.07 Å². The molecule has 5 nitrogen and oxygen atoms in total. The molecule has 0 atom stereocenters. The van der Waals surface area contributed by atoms with Crippen LogP contribution < -0.4 is 11.1 Å². The van der Waals surface area contributed by atoms with Gasteiger partial charge in [0.1, 0.15) is 5.82 Å². The van der Waals surface area contributed by atoms with Gasteiger partial charge < -0.3 is 15.8 Å². The van der Waals surface area contributed by atoms with Gasteiger partial charge in [0.2, 0.25) is 0 Å². The molecule has 0 aliphatic rings. The van der Waals surface area contributed by atoms with Crippen molar-refractivity contribution in [2.45, 2.75) is 13.3 Å². The smallest absolute Gasteiger partial charge is 0.340 e.